The highest BCUT2D eigenvalue weighted by atomic mass is 32.1. The molecule has 0 aliphatic carbocycles. The van der Waals surface area contributed by atoms with Crippen LogP contribution in [0, 0.1) is 4.64 Å². The molecule has 0 radical (unpaired) electrons. The molecule has 0 spiro atoms. The lowest BCUT2D eigenvalue weighted by atomic mass is 10.1. The second kappa shape index (κ2) is 6.62. The zero-order valence-electron chi connectivity index (χ0n) is 11.6. The van der Waals surface area contributed by atoms with Crippen molar-refractivity contribution in [1.82, 2.24) is 9.97 Å². The maximum absolute atomic E-state index is 5.24. The van der Waals surface area contributed by atoms with E-state index in [9.17, 15) is 0 Å². The fraction of sp³-hybridized carbons (Fsp3) is 0.375. The van der Waals surface area contributed by atoms with Crippen molar-refractivity contribution in [2.75, 3.05) is 0 Å². The van der Waals surface area contributed by atoms with Crippen LogP contribution < -0.4 is 0 Å². The van der Waals surface area contributed by atoms with Crippen LogP contribution in [0.15, 0.2) is 30.3 Å². The lowest BCUT2D eigenvalue weighted by Crippen LogP contribution is -1.97. The van der Waals surface area contributed by atoms with Crippen molar-refractivity contribution in [2.45, 2.75) is 39.5 Å². The van der Waals surface area contributed by atoms with Crippen LogP contribution in [0.25, 0.3) is 11.3 Å². The van der Waals surface area contributed by atoms with Gasteiger partial charge in [0, 0.05) is 12.1 Å². The minimum Gasteiger partial charge on any atom is -0.343 e. The Labute approximate surface area is 119 Å². The van der Waals surface area contributed by atoms with E-state index in [2.05, 4.69) is 48.1 Å². The Morgan fingerprint density at radius 2 is 1.74 bits per heavy atom. The summed E-state index contributed by atoms with van der Waals surface area (Å²) in [7, 11) is 0. The molecule has 1 aromatic heterocycles. The van der Waals surface area contributed by atoms with E-state index in [4.69, 9.17) is 12.2 Å². The summed E-state index contributed by atoms with van der Waals surface area (Å²) in [5.74, 6) is 0.975. The van der Waals surface area contributed by atoms with Crippen LogP contribution in [0.1, 0.15) is 38.1 Å². The molecule has 0 unspecified atom stereocenters. The molecule has 0 aliphatic rings. The topological polar surface area (TPSA) is 28.7 Å². The summed E-state index contributed by atoms with van der Waals surface area (Å²) in [5, 5.41) is 0. The molecule has 3 heteroatoms. The highest BCUT2D eigenvalue weighted by molar-refractivity contribution is 7.71. The van der Waals surface area contributed by atoms with Gasteiger partial charge >= 0.3 is 0 Å². The standard InChI is InChI=1S/C16H20N2S/c1-3-5-12-7-9-13(10-8-12)14-11-16(19)18-15(17-14)6-4-2/h7-11H,3-6H2,1-2H3,(H,17,18,19). The van der Waals surface area contributed by atoms with E-state index in [0.717, 1.165) is 30.8 Å². The first kappa shape index (κ1) is 13.9. The highest BCUT2D eigenvalue weighted by Gasteiger charge is 2.02. The molecule has 2 rings (SSSR count). The minimum atomic E-state index is 0.662. The van der Waals surface area contributed by atoms with E-state index in [1.165, 1.54) is 17.5 Å². The maximum atomic E-state index is 5.24. The van der Waals surface area contributed by atoms with Crippen molar-refractivity contribution in [3.63, 3.8) is 0 Å². The van der Waals surface area contributed by atoms with Gasteiger partial charge in [-0.05, 0) is 30.0 Å². The van der Waals surface area contributed by atoms with E-state index < -0.39 is 0 Å². The Morgan fingerprint density at radius 1 is 1.05 bits per heavy atom. The fourth-order valence-electron chi connectivity index (χ4n) is 2.16. The van der Waals surface area contributed by atoms with E-state index in [0.29, 0.717) is 4.64 Å². The number of hydrogen-bond donors (Lipinski definition) is 1. The van der Waals surface area contributed by atoms with Gasteiger partial charge in [0.1, 0.15) is 10.5 Å². The van der Waals surface area contributed by atoms with E-state index in [1.807, 2.05) is 6.07 Å². The van der Waals surface area contributed by atoms with E-state index >= 15 is 0 Å². The predicted octanol–water partition coefficient (Wildman–Crippen LogP) is 4.71. The quantitative estimate of drug-likeness (QED) is 0.798. The third kappa shape index (κ3) is 3.74. The molecule has 0 aliphatic heterocycles. The Kier molecular flexibility index (Phi) is 4.86. The Hall–Kier alpha value is -1.48. The molecular weight excluding hydrogens is 252 g/mol. The Bertz CT molecular complexity index is 584. The van der Waals surface area contributed by atoms with E-state index in [-0.39, 0.29) is 0 Å². The first-order valence-electron chi connectivity index (χ1n) is 6.92. The number of aromatic amines is 1. The molecule has 0 atom stereocenters. The predicted molar refractivity (Wildman–Crippen MR) is 82.8 cm³/mol. The summed E-state index contributed by atoms with van der Waals surface area (Å²) in [4.78, 5) is 7.73. The summed E-state index contributed by atoms with van der Waals surface area (Å²) in [6.07, 6.45) is 4.31. The van der Waals surface area contributed by atoms with Crippen molar-refractivity contribution < 1.29 is 0 Å². The van der Waals surface area contributed by atoms with Gasteiger partial charge < -0.3 is 4.98 Å². The molecule has 2 aromatic rings. The number of H-pyrrole nitrogens is 1. The Morgan fingerprint density at radius 3 is 2.37 bits per heavy atom. The molecule has 0 saturated heterocycles. The third-order valence-corrected chi connectivity index (χ3v) is 3.29. The lowest BCUT2D eigenvalue weighted by Gasteiger charge is -2.06. The molecule has 1 heterocycles. The van der Waals surface area contributed by atoms with Gasteiger partial charge in [0.25, 0.3) is 0 Å². The highest BCUT2D eigenvalue weighted by Crippen LogP contribution is 2.18. The van der Waals surface area contributed by atoms with Gasteiger partial charge in [-0.3, -0.25) is 0 Å². The number of nitrogens with one attached hydrogen (secondary N) is 1. The monoisotopic (exact) mass is 272 g/mol. The molecule has 19 heavy (non-hydrogen) atoms. The summed E-state index contributed by atoms with van der Waals surface area (Å²) >= 11 is 5.24. The molecule has 0 fully saturated rings. The summed E-state index contributed by atoms with van der Waals surface area (Å²) in [6.45, 7) is 4.34. The maximum Gasteiger partial charge on any atom is 0.130 e. The number of hydrogen-bond acceptors (Lipinski definition) is 2. The number of rotatable bonds is 5. The molecule has 1 N–H and O–H groups in total. The lowest BCUT2D eigenvalue weighted by molar-refractivity contribution is 0.833. The van der Waals surface area contributed by atoms with E-state index in [1.54, 1.807) is 0 Å². The normalized spacial score (nSPS) is 10.6. The minimum absolute atomic E-state index is 0.662. The fourth-order valence-corrected chi connectivity index (χ4v) is 2.39. The SMILES string of the molecule is CCCc1ccc(-c2cc(=S)nc(CCC)[nH]2)cc1. The van der Waals surface area contributed by atoms with Crippen LogP contribution in [0.2, 0.25) is 0 Å². The van der Waals surface area contributed by atoms with Crippen LogP contribution >= 0.6 is 12.2 Å². The first-order valence-corrected chi connectivity index (χ1v) is 7.33. The second-order valence-electron chi connectivity index (χ2n) is 4.78. The van der Waals surface area contributed by atoms with Gasteiger partial charge in [0.15, 0.2) is 0 Å². The molecule has 1 aromatic carbocycles. The van der Waals surface area contributed by atoms with Crippen LogP contribution in [0.4, 0.5) is 0 Å². The average molecular weight is 272 g/mol. The number of benzene rings is 1. The molecule has 0 saturated carbocycles. The smallest absolute Gasteiger partial charge is 0.130 e. The van der Waals surface area contributed by atoms with Crippen molar-refractivity contribution >= 4 is 12.2 Å². The number of nitrogens with zero attached hydrogens (tertiary/aromatic N) is 1. The Balaban J connectivity index is 2.32. The van der Waals surface area contributed by atoms with Crippen LogP contribution in [0.3, 0.4) is 0 Å². The van der Waals surface area contributed by atoms with Crippen LogP contribution in [-0.2, 0) is 12.8 Å². The summed E-state index contributed by atoms with van der Waals surface area (Å²) in [6, 6.07) is 10.6. The van der Waals surface area contributed by atoms with Gasteiger partial charge in [-0.1, -0.05) is 56.8 Å². The van der Waals surface area contributed by atoms with Crippen LogP contribution in [0.5, 0.6) is 0 Å². The molecule has 0 amide bonds. The van der Waals surface area contributed by atoms with Crippen molar-refractivity contribution in [3.8, 4) is 11.3 Å². The number of aromatic nitrogens is 2. The summed E-state index contributed by atoms with van der Waals surface area (Å²) in [5.41, 5.74) is 3.62. The number of aryl methyl sites for hydroxylation is 2. The zero-order valence-corrected chi connectivity index (χ0v) is 12.4. The van der Waals surface area contributed by atoms with Gasteiger partial charge in [-0.2, -0.15) is 0 Å². The van der Waals surface area contributed by atoms with Crippen molar-refractivity contribution in [3.05, 3.63) is 46.4 Å². The average Bonchev–Trinajstić information content (AvgIpc) is 2.40. The van der Waals surface area contributed by atoms with Gasteiger partial charge in [0.05, 0.1) is 0 Å². The molecular formula is C16H20N2S. The second-order valence-corrected chi connectivity index (χ2v) is 5.19. The zero-order chi connectivity index (χ0) is 13.7. The van der Waals surface area contributed by atoms with Crippen LogP contribution in [-0.4, -0.2) is 9.97 Å². The van der Waals surface area contributed by atoms with Gasteiger partial charge in [0.2, 0.25) is 0 Å². The van der Waals surface area contributed by atoms with Crippen molar-refractivity contribution in [2.24, 2.45) is 0 Å². The molecule has 100 valence electrons. The summed E-state index contributed by atoms with van der Waals surface area (Å²) < 4.78 is 0.662. The molecule has 0 bridgehead atoms. The molecule has 2 nitrogen and oxygen atoms in total. The third-order valence-electron chi connectivity index (χ3n) is 3.08. The van der Waals surface area contributed by atoms with Gasteiger partial charge in [-0.15, -0.1) is 0 Å². The first-order chi connectivity index (χ1) is 9.22. The largest absolute Gasteiger partial charge is 0.343 e. The van der Waals surface area contributed by atoms with Crippen molar-refractivity contribution in [1.29, 1.82) is 0 Å². The van der Waals surface area contributed by atoms with Gasteiger partial charge in [-0.25, -0.2) is 4.98 Å².